The molecule has 2 aromatic carbocycles. The van der Waals surface area contributed by atoms with Crippen molar-refractivity contribution >= 4 is 39.2 Å². The van der Waals surface area contributed by atoms with Crippen molar-refractivity contribution in [3.05, 3.63) is 71.4 Å². The lowest BCUT2D eigenvalue weighted by Gasteiger charge is -2.31. The van der Waals surface area contributed by atoms with Gasteiger partial charge in [-0.2, -0.15) is 0 Å². The van der Waals surface area contributed by atoms with Crippen LogP contribution in [0.25, 0.3) is 21.8 Å². The minimum atomic E-state index is -0.195. The second-order valence-electron chi connectivity index (χ2n) is 8.94. The van der Waals surface area contributed by atoms with Crippen molar-refractivity contribution in [3.63, 3.8) is 0 Å². The zero-order chi connectivity index (χ0) is 22.1. The summed E-state index contributed by atoms with van der Waals surface area (Å²) in [5, 5.41) is 6.21. The van der Waals surface area contributed by atoms with Gasteiger partial charge in [-0.15, -0.1) is 0 Å². The molecule has 1 fully saturated rings. The van der Waals surface area contributed by atoms with Crippen molar-refractivity contribution in [1.29, 1.82) is 0 Å². The largest absolute Gasteiger partial charge is 0.367 e. The molecule has 0 spiro atoms. The van der Waals surface area contributed by atoms with Gasteiger partial charge in [0.1, 0.15) is 18.0 Å². The van der Waals surface area contributed by atoms with E-state index in [0.29, 0.717) is 22.9 Å². The van der Waals surface area contributed by atoms with Gasteiger partial charge < -0.3 is 5.32 Å². The first-order valence-electron chi connectivity index (χ1n) is 11.3. The lowest BCUT2D eigenvalue weighted by atomic mass is 9.76. The summed E-state index contributed by atoms with van der Waals surface area (Å²) in [7, 11) is 0. The van der Waals surface area contributed by atoms with Crippen LogP contribution < -0.4 is 5.32 Å². The molecule has 6 heteroatoms. The Morgan fingerprint density at radius 3 is 2.66 bits per heavy atom. The highest BCUT2D eigenvalue weighted by Crippen LogP contribution is 2.40. The van der Waals surface area contributed by atoms with Crippen LogP contribution in [0.1, 0.15) is 50.5 Å². The van der Waals surface area contributed by atoms with Crippen LogP contribution in [0.4, 0.5) is 10.2 Å². The third-order valence-corrected chi connectivity index (χ3v) is 6.93. The number of nitrogens with one attached hydrogen (secondary N) is 1. The van der Waals surface area contributed by atoms with Gasteiger partial charge in [0, 0.05) is 28.0 Å². The maximum atomic E-state index is 13.8. The lowest BCUT2D eigenvalue weighted by molar-refractivity contribution is 0.302. The van der Waals surface area contributed by atoms with Crippen molar-refractivity contribution in [3.8, 4) is 0 Å². The number of benzene rings is 2. The number of aromatic nitrogens is 3. The smallest absolute Gasteiger partial charge is 0.137 e. The van der Waals surface area contributed by atoms with E-state index in [4.69, 9.17) is 11.6 Å². The summed E-state index contributed by atoms with van der Waals surface area (Å²) in [4.78, 5) is 13.2. The van der Waals surface area contributed by atoms with Crippen molar-refractivity contribution in [2.45, 2.75) is 51.0 Å². The maximum absolute atomic E-state index is 13.8. The lowest BCUT2D eigenvalue weighted by Crippen LogP contribution is -2.23. The van der Waals surface area contributed by atoms with E-state index < -0.39 is 0 Å². The molecule has 1 aliphatic rings. The average molecular weight is 449 g/mol. The molecule has 0 unspecified atom stereocenters. The van der Waals surface area contributed by atoms with E-state index in [1.807, 2.05) is 24.4 Å². The Morgan fingerprint density at radius 2 is 1.81 bits per heavy atom. The van der Waals surface area contributed by atoms with Crippen LogP contribution in [0.2, 0.25) is 5.02 Å². The highest BCUT2D eigenvalue weighted by molar-refractivity contribution is 6.31. The number of nitrogens with zero attached hydrogens (tertiary/aromatic N) is 3. The molecule has 1 N–H and O–H groups in total. The summed E-state index contributed by atoms with van der Waals surface area (Å²) >= 11 is 6.10. The molecule has 164 valence electrons. The van der Waals surface area contributed by atoms with Gasteiger partial charge in [-0.05, 0) is 98.9 Å². The normalized spacial score (nSPS) is 19.8. The van der Waals surface area contributed by atoms with Gasteiger partial charge in [-0.3, -0.25) is 4.98 Å². The number of rotatable bonds is 5. The van der Waals surface area contributed by atoms with Crippen molar-refractivity contribution in [1.82, 2.24) is 15.0 Å². The van der Waals surface area contributed by atoms with Crippen LogP contribution in [-0.4, -0.2) is 21.0 Å². The maximum Gasteiger partial charge on any atom is 0.137 e. The predicted molar refractivity (Wildman–Crippen MR) is 129 cm³/mol. The summed E-state index contributed by atoms with van der Waals surface area (Å²) in [5.41, 5.74) is 2.97. The average Bonchev–Trinajstić information content (AvgIpc) is 2.79. The monoisotopic (exact) mass is 448 g/mol. The fourth-order valence-electron chi connectivity index (χ4n) is 5.14. The van der Waals surface area contributed by atoms with Crippen molar-refractivity contribution in [2.75, 3.05) is 5.32 Å². The summed E-state index contributed by atoms with van der Waals surface area (Å²) in [6.07, 6.45) is 9.14. The molecule has 1 aliphatic carbocycles. The van der Waals surface area contributed by atoms with Gasteiger partial charge in [0.15, 0.2) is 0 Å². The summed E-state index contributed by atoms with van der Waals surface area (Å²) in [6.45, 7) is 2.22. The molecule has 0 amide bonds. The Balaban J connectivity index is 1.23. The molecule has 0 radical (unpaired) electrons. The molecular weight excluding hydrogens is 423 g/mol. The highest BCUT2D eigenvalue weighted by atomic mass is 35.5. The van der Waals surface area contributed by atoms with Crippen LogP contribution in [-0.2, 0) is 0 Å². The van der Waals surface area contributed by atoms with E-state index in [2.05, 4.69) is 33.3 Å². The van der Waals surface area contributed by atoms with E-state index in [-0.39, 0.29) is 5.82 Å². The Hall–Kier alpha value is -2.79. The molecule has 0 bridgehead atoms. The van der Waals surface area contributed by atoms with Crippen LogP contribution in [0.15, 0.2) is 55.0 Å². The zero-order valence-electron chi connectivity index (χ0n) is 18.1. The van der Waals surface area contributed by atoms with E-state index in [9.17, 15) is 4.39 Å². The first kappa shape index (κ1) is 21.1. The van der Waals surface area contributed by atoms with Gasteiger partial charge in [0.05, 0.1) is 11.0 Å². The number of pyridine rings is 1. The zero-order valence-corrected chi connectivity index (χ0v) is 18.8. The topological polar surface area (TPSA) is 50.7 Å². The molecule has 1 saturated carbocycles. The summed E-state index contributed by atoms with van der Waals surface area (Å²) in [5.74, 6) is 1.80. The third-order valence-electron chi connectivity index (χ3n) is 6.69. The first-order chi connectivity index (χ1) is 15.6. The number of anilines is 1. The van der Waals surface area contributed by atoms with E-state index in [0.717, 1.165) is 46.9 Å². The number of hydrogen-bond acceptors (Lipinski definition) is 4. The van der Waals surface area contributed by atoms with Gasteiger partial charge >= 0.3 is 0 Å². The minimum absolute atomic E-state index is 0.195. The number of hydrogen-bond donors (Lipinski definition) is 1. The predicted octanol–water partition coefficient (Wildman–Crippen LogP) is 7.14. The molecule has 4 nitrogen and oxygen atoms in total. The fraction of sp³-hybridized carbons (Fsp3) is 0.346. The Kier molecular flexibility index (Phi) is 5.92. The quantitative estimate of drug-likeness (QED) is 0.352. The van der Waals surface area contributed by atoms with E-state index in [1.165, 1.54) is 24.5 Å². The first-order valence-corrected chi connectivity index (χ1v) is 11.7. The van der Waals surface area contributed by atoms with Crippen LogP contribution in [0, 0.1) is 11.7 Å². The Bertz CT molecular complexity index is 1250. The summed E-state index contributed by atoms with van der Waals surface area (Å²) < 4.78 is 13.8. The Morgan fingerprint density at radius 1 is 0.969 bits per heavy atom. The fourth-order valence-corrected chi connectivity index (χ4v) is 5.31. The van der Waals surface area contributed by atoms with Gasteiger partial charge in [-0.25, -0.2) is 14.4 Å². The van der Waals surface area contributed by atoms with Crippen LogP contribution in [0.5, 0.6) is 0 Å². The van der Waals surface area contributed by atoms with Gasteiger partial charge in [0.25, 0.3) is 0 Å². The van der Waals surface area contributed by atoms with E-state index in [1.54, 1.807) is 18.5 Å². The molecule has 32 heavy (non-hydrogen) atoms. The van der Waals surface area contributed by atoms with Crippen LogP contribution in [0.3, 0.4) is 0 Å². The molecule has 5 rings (SSSR count). The second-order valence-corrected chi connectivity index (χ2v) is 9.38. The number of fused-ring (bicyclic) bond motifs is 2. The van der Waals surface area contributed by atoms with Crippen molar-refractivity contribution in [2.24, 2.45) is 5.92 Å². The van der Waals surface area contributed by atoms with Gasteiger partial charge in [-0.1, -0.05) is 11.6 Å². The van der Waals surface area contributed by atoms with Gasteiger partial charge in [0.2, 0.25) is 0 Å². The standard InChI is InChI=1S/C26H26ClFN4/c1-16(32-26-22-8-6-19(27)13-25(22)30-15-31-26)12-17-2-4-18(5-3-17)21-10-11-29-24-9-7-20(28)14-23(21)24/h6-11,13-18H,2-5,12H2,1H3,(H,30,31,32)/t16-,17-,18+/m1/s1. The molecule has 0 saturated heterocycles. The van der Waals surface area contributed by atoms with Crippen LogP contribution >= 0.6 is 11.6 Å². The molecule has 0 aliphatic heterocycles. The SMILES string of the molecule is C[C@H](C[C@H]1CC[C@@H](c2ccnc3ccc(F)cc32)CC1)Nc1ncnc2cc(Cl)ccc12. The Labute approximate surface area is 192 Å². The minimum Gasteiger partial charge on any atom is -0.367 e. The molecular formula is C26H26ClFN4. The molecule has 2 aromatic heterocycles. The molecule has 4 aromatic rings. The molecule has 1 atom stereocenters. The third kappa shape index (κ3) is 4.40. The number of halogens is 2. The summed E-state index contributed by atoms with van der Waals surface area (Å²) in [6, 6.07) is 13.0. The van der Waals surface area contributed by atoms with Crippen molar-refractivity contribution < 1.29 is 4.39 Å². The highest BCUT2D eigenvalue weighted by Gasteiger charge is 2.25. The van der Waals surface area contributed by atoms with E-state index >= 15 is 0 Å². The molecule has 2 heterocycles. The second kappa shape index (κ2) is 8.99.